The van der Waals surface area contributed by atoms with Gasteiger partial charge in [0.05, 0.1) is 12.2 Å². The van der Waals surface area contributed by atoms with Crippen molar-refractivity contribution in [1.29, 1.82) is 0 Å². The summed E-state index contributed by atoms with van der Waals surface area (Å²) < 4.78 is 5.61. The quantitative estimate of drug-likeness (QED) is 0.292. The Morgan fingerprint density at radius 1 is 1.00 bits per heavy atom. The molecule has 0 saturated carbocycles. The van der Waals surface area contributed by atoms with Gasteiger partial charge >= 0.3 is 5.97 Å². The van der Waals surface area contributed by atoms with Crippen molar-refractivity contribution >= 4 is 16.7 Å². The molecule has 174 valence electrons. The van der Waals surface area contributed by atoms with Gasteiger partial charge in [0.2, 0.25) is 0 Å². The Morgan fingerprint density at radius 2 is 1.82 bits per heavy atom. The first kappa shape index (κ1) is 23.5. The number of ether oxygens (including phenoxy) is 1. The molecule has 0 fully saturated rings. The van der Waals surface area contributed by atoms with Gasteiger partial charge in [-0.1, -0.05) is 48.5 Å². The van der Waals surface area contributed by atoms with Gasteiger partial charge in [0.25, 0.3) is 0 Å². The van der Waals surface area contributed by atoms with E-state index in [2.05, 4.69) is 48.6 Å². The van der Waals surface area contributed by atoms with Crippen molar-refractivity contribution in [3.63, 3.8) is 0 Å². The van der Waals surface area contributed by atoms with Crippen molar-refractivity contribution in [3.05, 3.63) is 101 Å². The summed E-state index contributed by atoms with van der Waals surface area (Å²) in [7, 11) is 0. The average molecular weight is 454 g/mol. The summed E-state index contributed by atoms with van der Waals surface area (Å²) in [4.78, 5) is 11.7. The molecule has 34 heavy (non-hydrogen) atoms. The van der Waals surface area contributed by atoms with Crippen LogP contribution in [0.5, 0.6) is 5.75 Å². The topological polar surface area (TPSA) is 58.6 Å². The number of rotatable bonds is 9. The fraction of sp³-hybridized carbons (Fsp3) is 0.233. The van der Waals surface area contributed by atoms with Crippen molar-refractivity contribution in [3.8, 4) is 16.9 Å². The molecule has 0 aliphatic heterocycles. The molecule has 2 N–H and O–H groups in total. The summed E-state index contributed by atoms with van der Waals surface area (Å²) in [6, 6.07) is 26.7. The van der Waals surface area contributed by atoms with E-state index in [1.807, 2.05) is 50.2 Å². The van der Waals surface area contributed by atoms with Crippen molar-refractivity contribution in [2.75, 3.05) is 13.2 Å². The molecular formula is C30H31NO3. The molecule has 0 aromatic heterocycles. The highest BCUT2D eigenvalue weighted by molar-refractivity contribution is 5.99. The number of carbonyl (C=O) groups is 1. The highest BCUT2D eigenvalue weighted by Gasteiger charge is 2.14. The van der Waals surface area contributed by atoms with Crippen LogP contribution in [0.4, 0.5) is 0 Å². The molecule has 1 atom stereocenters. The van der Waals surface area contributed by atoms with Crippen LogP contribution in [0.15, 0.2) is 78.9 Å². The molecule has 4 nitrogen and oxygen atoms in total. The maximum absolute atomic E-state index is 11.7. The summed E-state index contributed by atoms with van der Waals surface area (Å²) in [5.74, 6) is 0.00861. The first-order chi connectivity index (χ1) is 16.5. The lowest BCUT2D eigenvalue weighted by Gasteiger charge is -2.18. The van der Waals surface area contributed by atoms with Gasteiger partial charge in [0.15, 0.2) is 0 Å². The molecule has 0 bridgehead atoms. The zero-order chi connectivity index (χ0) is 24.1. The summed E-state index contributed by atoms with van der Waals surface area (Å²) >= 11 is 0. The Bertz CT molecular complexity index is 1310. The lowest BCUT2D eigenvalue weighted by Crippen LogP contribution is -2.21. The zero-order valence-electron chi connectivity index (χ0n) is 20.0. The minimum absolute atomic E-state index is 0.142. The van der Waals surface area contributed by atoms with Crippen LogP contribution in [0, 0.1) is 6.92 Å². The predicted octanol–water partition coefficient (Wildman–Crippen LogP) is 6.81. The molecular weight excluding hydrogens is 422 g/mol. The first-order valence-corrected chi connectivity index (χ1v) is 11.8. The highest BCUT2D eigenvalue weighted by atomic mass is 16.5. The van der Waals surface area contributed by atoms with E-state index in [1.165, 1.54) is 11.1 Å². The van der Waals surface area contributed by atoms with Gasteiger partial charge in [0, 0.05) is 6.04 Å². The summed E-state index contributed by atoms with van der Waals surface area (Å²) in [5.41, 5.74) is 5.49. The molecule has 0 amide bonds. The smallest absolute Gasteiger partial charge is 0.335 e. The Kier molecular flexibility index (Phi) is 7.29. The third-order valence-electron chi connectivity index (χ3n) is 6.24. The average Bonchev–Trinajstić information content (AvgIpc) is 2.84. The van der Waals surface area contributed by atoms with E-state index in [0.717, 1.165) is 46.2 Å². The van der Waals surface area contributed by atoms with Gasteiger partial charge in [-0.15, -0.1) is 0 Å². The van der Waals surface area contributed by atoms with Crippen molar-refractivity contribution in [2.45, 2.75) is 33.2 Å². The summed E-state index contributed by atoms with van der Waals surface area (Å²) in [6.45, 7) is 7.50. The SMILES string of the molecule is CCOc1cccc(CCNC(C)c2cc(-c3ccc(C)c(C(=O)O)c3)c3ccccc3c2)c1. The molecule has 0 spiro atoms. The number of aryl methyl sites for hydroxylation is 1. The second kappa shape index (κ2) is 10.5. The second-order valence-corrected chi connectivity index (χ2v) is 8.63. The third-order valence-corrected chi connectivity index (χ3v) is 6.24. The standard InChI is InChI=1S/C30H31NO3/c1-4-34-26-10-7-8-22(16-26)14-15-31-21(3)25-17-23-9-5-6-11-27(23)29(19-25)24-13-12-20(2)28(18-24)30(32)33/h5-13,16-19,21,31H,4,14-15H2,1-3H3,(H,32,33). The Hall–Kier alpha value is -3.63. The maximum Gasteiger partial charge on any atom is 0.335 e. The number of hydrogen-bond donors (Lipinski definition) is 2. The maximum atomic E-state index is 11.7. The van der Waals surface area contributed by atoms with Crippen LogP contribution in [-0.4, -0.2) is 24.2 Å². The molecule has 0 aliphatic carbocycles. The van der Waals surface area contributed by atoms with Crippen molar-refractivity contribution in [2.24, 2.45) is 0 Å². The van der Waals surface area contributed by atoms with E-state index < -0.39 is 5.97 Å². The third kappa shape index (κ3) is 5.29. The van der Waals surface area contributed by atoms with Crippen LogP contribution in [0.1, 0.15) is 46.9 Å². The van der Waals surface area contributed by atoms with Crippen LogP contribution < -0.4 is 10.1 Å². The number of fused-ring (bicyclic) bond motifs is 1. The van der Waals surface area contributed by atoms with E-state index in [1.54, 1.807) is 6.07 Å². The van der Waals surface area contributed by atoms with E-state index >= 15 is 0 Å². The molecule has 0 radical (unpaired) electrons. The van der Waals surface area contributed by atoms with Crippen LogP contribution in [-0.2, 0) is 6.42 Å². The van der Waals surface area contributed by atoms with Crippen molar-refractivity contribution in [1.82, 2.24) is 5.32 Å². The fourth-order valence-electron chi connectivity index (χ4n) is 4.35. The number of benzene rings is 4. The predicted molar refractivity (Wildman–Crippen MR) is 139 cm³/mol. The summed E-state index contributed by atoms with van der Waals surface area (Å²) in [5, 5.41) is 15.5. The number of aromatic carboxylic acids is 1. The van der Waals surface area contributed by atoms with Crippen molar-refractivity contribution < 1.29 is 14.6 Å². The van der Waals surface area contributed by atoms with Gasteiger partial charge in [0.1, 0.15) is 5.75 Å². The van der Waals surface area contributed by atoms with Crippen LogP contribution in [0.2, 0.25) is 0 Å². The van der Waals surface area contributed by atoms with Gasteiger partial charge in [-0.2, -0.15) is 0 Å². The summed E-state index contributed by atoms with van der Waals surface area (Å²) in [6.07, 6.45) is 0.908. The zero-order valence-corrected chi connectivity index (χ0v) is 20.0. The molecule has 4 aromatic rings. The van der Waals surface area contributed by atoms with Crippen LogP contribution in [0.3, 0.4) is 0 Å². The largest absolute Gasteiger partial charge is 0.494 e. The van der Waals surface area contributed by atoms with E-state index in [-0.39, 0.29) is 6.04 Å². The fourth-order valence-corrected chi connectivity index (χ4v) is 4.35. The molecule has 0 aliphatic rings. The Morgan fingerprint density at radius 3 is 2.62 bits per heavy atom. The second-order valence-electron chi connectivity index (χ2n) is 8.63. The molecule has 4 aromatic carbocycles. The number of hydrogen-bond acceptors (Lipinski definition) is 3. The minimum Gasteiger partial charge on any atom is -0.494 e. The lowest BCUT2D eigenvalue weighted by atomic mass is 9.92. The lowest BCUT2D eigenvalue weighted by molar-refractivity contribution is 0.0696. The van der Waals surface area contributed by atoms with Crippen LogP contribution >= 0.6 is 0 Å². The molecule has 4 heteroatoms. The number of carboxylic acid groups (broad SMARTS) is 1. The highest BCUT2D eigenvalue weighted by Crippen LogP contribution is 2.33. The number of nitrogens with one attached hydrogen (secondary N) is 1. The Labute approximate surface area is 201 Å². The first-order valence-electron chi connectivity index (χ1n) is 11.8. The minimum atomic E-state index is -0.900. The molecule has 0 saturated heterocycles. The Balaban J connectivity index is 1.59. The van der Waals surface area contributed by atoms with E-state index in [0.29, 0.717) is 12.2 Å². The molecule has 1 unspecified atom stereocenters. The van der Waals surface area contributed by atoms with Crippen LogP contribution in [0.25, 0.3) is 21.9 Å². The normalized spacial score (nSPS) is 12.0. The van der Waals surface area contributed by atoms with Gasteiger partial charge in [-0.25, -0.2) is 4.79 Å². The van der Waals surface area contributed by atoms with Gasteiger partial charge < -0.3 is 15.2 Å². The molecule has 4 rings (SSSR count). The monoisotopic (exact) mass is 453 g/mol. The van der Waals surface area contributed by atoms with E-state index in [9.17, 15) is 9.90 Å². The number of carboxylic acids is 1. The van der Waals surface area contributed by atoms with E-state index in [4.69, 9.17) is 4.74 Å². The van der Waals surface area contributed by atoms with Gasteiger partial charge in [-0.05, 0) is 103 Å². The van der Waals surface area contributed by atoms with Gasteiger partial charge in [-0.3, -0.25) is 0 Å². The molecule has 0 heterocycles.